The average molecular weight is 355 g/mol. The van der Waals surface area contributed by atoms with Crippen molar-refractivity contribution in [3.05, 3.63) is 0 Å². The molecule has 4 nitrogen and oxygen atoms in total. The van der Waals surface area contributed by atoms with Gasteiger partial charge in [0.25, 0.3) is 0 Å². The van der Waals surface area contributed by atoms with Crippen molar-refractivity contribution in [2.24, 2.45) is 11.8 Å². The first kappa shape index (κ1) is 20.9. The van der Waals surface area contributed by atoms with Crippen LogP contribution in [0.3, 0.4) is 0 Å². The molecule has 2 fully saturated rings. The number of Topliss-reactive ketones (excluding diaryl/α,β-unsaturated/α-hetero) is 1. The van der Waals surface area contributed by atoms with Gasteiger partial charge in [0.15, 0.2) is 0 Å². The highest BCUT2D eigenvalue weighted by molar-refractivity contribution is 5.81. The van der Waals surface area contributed by atoms with Crippen molar-refractivity contribution in [2.75, 3.05) is 0 Å². The molecule has 0 bridgehead atoms. The zero-order chi connectivity index (χ0) is 18.8. The average Bonchev–Trinajstić information content (AvgIpc) is 3.19. The summed E-state index contributed by atoms with van der Waals surface area (Å²) < 4.78 is 13.1. The van der Waals surface area contributed by atoms with Crippen LogP contribution in [0.5, 0.6) is 0 Å². The van der Waals surface area contributed by atoms with E-state index in [0.717, 1.165) is 38.5 Å². The molecule has 0 aromatic rings. The molecule has 7 atom stereocenters. The van der Waals surface area contributed by atoms with Crippen LogP contribution in [0.2, 0.25) is 0 Å². The molecule has 25 heavy (non-hydrogen) atoms. The lowest BCUT2D eigenvalue weighted by Crippen LogP contribution is -2.47. The van der Waals surface area contributed by atoms with Crippen LogP contribution >= 0.6 is 0 Å². The maximum atomic E-state index is 12.4. The normalized spacial score (nSPS) is 41.0. The molecule has 2 aliphatic rings. The minimum Gasteiger partial charge on any atom is -0.390 e. The van der Waals surface area contributed by atoms with Crippen LogP contribution < -0.4 is 0 Å². The van der Waals surface area contributed by atoms with Crippen LogP contribution in [0, 0.1) is 11.8 Å². The summed E-state index contributed by atoms with van der Waals surface area (Å²) in [5.41, 5.74) is -0.766. The van der Waals surface area contributed by atoms with E-state index in [4.69, 9.17) is 9.47 Å². The maximum absolute atomic E-state index is 12.4. The lowest BCUT2D eigenvalue weighted by Gasteiger charge is -2.38. The van der Waals surface area contributed by atoms with Gasteiger partial charge >= 0.3 is 0 Å². The molecule has 2 saturated heterocycles. The Morgan fingerprint density at radius 1 is 1.20 bits per heavy atom. The largest absolute Gasteiger partial charge is 0.390 e. The Labute approximate surface area is 153 Å². The van der Waals surface area contributed by atoms with Gasteiger partial charge < -0.3 is 14.6 Å². The van der Waals surface area contributed by atoms with Gasteiger partial charge in [-0.05, 0) is 51.4 Å². The molecule has 0 amide bonds. The van der Waals surface area contributed by atoms with Crippen molar-refractivity contribution in [1.82, 2.24) is 0 Å². The SMILES string of the molecule is CCC(=O)[C@H](CC)C1OC(CC)(C2CCC(CC)([C@H](C)O)O2)C[C@H]1C. The number of hydrogen-bond acceptors (Lipinski definition) is 4. The van der Waals surface area contributed by atoms with Crippen molar-refractivity contribution in [1.29, 1.82) is 0 Å². The van der Waals surface area contributed by atoms with Gasteiger partial charge in [0, 0.05) is 12.3 Å². The highest BCUT2D eigenvalue weighted by Gasteiger charge is 2.56. The Balaban J connectivity index is 2.21. The summed E-state index contributed by atoms with van der Waals surface area (Å²) in [7, 11) is 0. The third-order valence-electron chi connectivity index (χ3n) is 6.95. The van der Waals surface area contributed by atoms with E-state index >= 15 is 0 Å². The second-order valence-corrected chi connectivity index (χ2v) is 8.26. The molecule has 2 rings (SSSR count). The van der Waals surface area contributed by atoms with Gasteiger partial charge in [-0.1, -0.05) is 34.6 Å². The predicted molar refractivity (Wildman–Crippen MR) is 99.6 cm³/mol. The standard InChI is InChI=1S/C21H38O4/c1-7-16(17(23)8-2)19-14(5)13-21(10-4,25-19)18-11-12-20(9-3,24-18)15(6)22/h14-16,18-19,22H,7-13H2,1-6H3/t14-,15+,16+,18?,19?,20?,21?/m1/s1. The topological polar surface area (TPSA) is 55.8 Å². The van der Waals surface area contributed by atoms with Crippen molar-refractivity contribution in [3.63, 3.8) is 0 Å². The number of aliphatic hydroxyl groups excluding tert-OH is 1. The van der Waals surface area contributed by atoms with Crippen molar-refractivity contribution < 1.29 is 19.4 Å². The highest BCUT2D eigenvalue weighted by atomic mass is 16.6. The molecule has 1 N–H and O–H groups in total. The lowest BCUT2D eigenvalue weighted by atomic mass is 9.81. The van der Waals surface area contributed by atoms with E-state index in [1.165, 1.54) is 0 Å². The maximum Gasteiger partial charge on any atom is 0.138 e. The second-order valence-electron chi connectivity index (χ2n) is 8.26. The molecule has 4 heteroatoms. The molecular weight excluding hydrogens is 316 g/mol. The Morgan fingerprint density at radius 2 is 1.88 bits per heavy atom. The Kier molecular flexibility index (Phi) is 6.72. The van der Waals surface area contributed by atoms with Crippen LogP contribution in [0.25, 0.3) is 0 Å². The molecular formula is C21H38O4. The minimum absolute atomic E-state index is 0.00809. The molecule has 0 radical (unpaired) electrons. The zero-order valence-corrected chi connectivity index (χ0v) is 17.0. The van der Waals surface area contributed by atoms with Crippen LogP contribution in [-0.4, -0.2) is 40.4 Å². The first-order valence-corrected chi connectivity index (χ1v) is 10.4. The summed E-state index contributed by atoms with van der Waals surface area (Å²) in [4.78, 5) is 12.4. The van der Waals surface area contributed by atoms with Gasteiger partial charge in [-0.15, -0.1) is 0 Å². The van der Waals surface area contributed by atoms with E-state index in [-0.39, 0.29) is 23.7 Å². The fourth-order valence-electron chi connectivity index (χ4n) is 5.15. The number of hydrogen-bond donors (Lipinski definition) is 1. The monoisotopic (exact) mass is 354 g/mol. The van der Waals surface area contributed by atoms with Crippen LogP contribution in [0.15, 0.2) is 0 Å². The Bertz CT molecular complexity index is 463. The summed E-state index contributed by atoms with van der Waals surface area (Å²) in [6.45, 7) is 12.3. The van der Waals surface area contributed by atoms with E-state index in [0.29, 0.717) is 18.1 Å². The van der Waals surface area contributed by atoms with Gasteiger partial charge in [0.05, 0.1) is 29.5 Å². The summed E-state index contributed by atoms with van der Waals surface area (Å²) in [6.07, 6.45) is 5.36. The zero-order valence-electron chi connectivity index (χ0n) is 17.0. The van der Waals surface area contributed by atoms with Gasteiger partial charge in [-0.25, -0.2) is 0 Å². The van der Waals surface area contributed by atoms with E-state index in [1.807, 2.05) is 13.8 Å². The first-order chi connectivity index (χ1) is 11.8. The number of rotatable bonds is 8. The highest BCUT2D eigenvalue weighted by Crippen LogP contribution is 2.50. The molecule has 0 aromatic heterocycles. The third kappa shape index (κ3) is 3.68. The Hall–Kier alpha value is -0.450. The van der Waals surface area contributed by atoms with E-state index in [1.54, 1.807) is 0 Å². The molecule has 4 unspecified atom stereocenters. The van der Waals surface area contributed by atoms with Crippen LogP contribution in [0.1, 0.15) is 86.5 Å². The van der Waals surface area contributed by atoms with Crippen LogP contribution in [-0.2, 0) is 14.3 Å². The van der Waals surface area contributed by atoms with Crippen molar-refractivity contribution in [2.45, 2.75) is 116 Å². The summed E-state index contributed by atoms with van der Waals surface area (Å²) in [5.74, 6) is 0.653. The fourth-order valence-corrected chi connectivity index (χ4v) is 5.15. The molecule has 0 spiro atoms. The quantitative estimate of drug-likeness (QED) is 0.707. The summed E-state index contributed by atoms with van der Waals surface area (Å²) in [5, 5.41) is 10.2. The fraction of sp³-hybridized carbons (Fsp3) is 0.952. The van der Waals surface area contributed by atoms with Crippen LogP contribution in [0.4, 0.5) is 0 Å². The first-order valence-electron chi connectivity index (χ1n) is 10.4. The predicted octanol–water partition coefficient (Wildman–Crippen LogP) is 4.27. The number of carbonyl (C=O) groups is 1. The van der Waals surface area contributed by atoms with Gasteiger partial charge in [-0.2, -0.15) is 0 Å². The van der Waals surface area contributed by atoms with Gasteiger partial charge in [0.2, 0.25) is 0 Å². The molecule has 0 aliphatic carbocycles. The van der Waals surface area contributed by atoms with E-state index in [9.17, 15) is 9.90 Å². The van der Waals surface area contributed by atoms with E-state index < -0.39 is 11.7 Å². The third-order valence-corrected chi connectivity index (χ3v) is 6.95. The molecule has 2 heterocycles. The van der Waals surface area contributed by atoms with E-state index in [2.05, 4.69) is 27.7 Å². The number of aliphatic hydroxyl groups is 1. The second kappa shape index (κ2) is 8.06. The lowest BCUT2D eigenvalue weighted by molar-refractivity contribution is -0.188. The molecule has 0 aromatic carbocycles. The number of ether oxygens (including phenoxy) is 2. The van der Waals surface area contributed by atoms with Gasteiger partial charge in [-0.3, -0.25) is 4.79 Å². The minimum atomic E-state index is -0.476. The summed E-state index contributed by atoms with van der Waals surface area (Å²) in [6, 6.07) is 0. The number of ketones is 1. The number of carbonyl (C=O) groups excluding carboxylic acids is 1. The Morgan fingerprint density at radius 3 is 2.32 bits per heavy atom. The van der Waals surface area contributed by atoms with Crippen molar-refractivity contribution in [3.8, 4) is 0 Å². The van der Waals surface area contributed by atoms with Gasteiger partial charge in [0.1, 0.15) is 5.78 Å². The molecule has 0 saturated carbocycles. The molecule has 146 valence electrons. The summed E-state index contributed by atoms with van der Waals surface area (Å²) >= 11 is 0. The van der Waals surface area contributed by atoms with Crippen molar-refractivity contribution >= 4 is 5.78 Å². The smallest absolute Gasteiger partial charge is 0.138 e. The molecule has 2 aliphatic heterocycles.